The van der Waals surface area contributed by atoms with Gasteiger partial charge in [-0.05, 0) is 37.5 Å². The van der Waals surface area contributed by atoms with E-state index >= 15 is 0 Å². The molecule has 0 spiro atoms. The first-order chi connectivity index (χ1) is 16.4. The van der Waals surface area contributed by atoms with Crippen LogP contribution >= 0.6 is 34.8 Å². The maximum Gasteiger partial charge on any atom is 0.244 e. The Balaban J connectivity index is 2.48. The summed E-state index contributed by atoms with van der Waals surface area (Å²) in [5, 5.41) is 3.19. The summed E-state index contributed by atoms with van der Waals surface area (Å²) in [5.41, 5.74) is 0.822. The molecule has 192 valence electrons. The van der Waals surface area contributed by atoms with E-state index < -0.39 is 28.5 Å². The van der Waals surface area contributed by atoms with E-state index in [0.29, 0.717) is 6.42 Å². The van der Waals surface area contributed by atoms with Gasteiger partial charge < -0.3 is 10.2 Å². The second kappa shape index (κ2) is 12.8. The van der Waals surface area contributed by atoms with Gasteiger partial charge in [0.05, 0.1) is 27.0 Å². The van der Waals surface area contributed by atoms with Gasteiger partial charge in [0.25, 0.3) is 0 Å². The molecule has 0 aliphatic carbocycles. The van der Waals surface area contributed by atoms with Crippen molar-refractivity contribution in [1.29, 1.82) is 0 Å². The molecule has 0 bridgehead atoms. The Morgan fingerprint density at radius 1 is 0.971 bits per heavy atom. The van der Waals surface area contributed by atoms with E-state index in [1.54, 1.807) is 6.92 Å². The molecular formula is C24H30Cl3N3O4S. The lowest BCUT2D eigenvalue weighted by Gasteiger charge is -2.33. The minimum Gasteiger partial charge on any atom is -0.352 e. The van der Waals surface area contributed by atoms with Gasteiger partial charge in [-0.1, -0.05) is 79.0 Å². The third-order valence-corrected chi connectivity index (χ3v) is 7.67. The highest BCUT2D eigenvalue weighted by Crippen LogP contribution is 2.35. The van der Waals surface area contributed by atoms with E-state index in [9.17, 15) is 18.0 Å². The summed E-state index contributed by atoms with van der Waals surface area (Å²) in [6.45, 7) is 5.18. The lowest BCUT2D eigenvalue weighted by Crippen LogP contribution is -2.53. The first kappa shape index (κ1) is 29.2. The Kier molecular flexibility index (Phi) is 10.7. The van der Waals surface area contributed by atoms with E-state index in [2.05, 4.69) is 5.32 Å². The molecule has 0 saturated carbocycles. The van der Waals surface area contributed by atoms with Crippen LogP contribution in [0, 0.1) is 0 Å². The number of halogens is 3. The second-order valence-corrected chi connectivity index (χ2v) is 11.4. The van der Waals surface area contributed by atoms with Crippen molar-refractivity contribution in [3.63, 3.8) is 0 Å². The quantitative estimate of drug-likeness (QED) is 0.385. The van der Waals surface area contributed by atoms with Gasteiger partial charge in [0.15, 0.2) is 0 Å². The summed E-state index contributed by atoms with van der Waals surface area (Å²) in [6.07, 6.45) is 2.04. The number of carbonyl (C=O) groups excluding carboxylic acids is 2. The summed E-state index contributed by atoms with van der Waals surface area (Å²) < 4.78 is 26.3. The molecule has 7 nitrogen and oxygen atoms in total. The SMILES string of the molecule is CC[C@H](C)NC(=O)[C@H](CC)N(Cc1ccccc1)C(=O)CN(c1cc(Cl)c(Cl)cc1Cl)S(C)(=O)=O. The number of hydrogen-bond acceptors (Lipinski definition) is 4. The van der Waals surface area contributed by atoms with Crippen LogP contribution in [0.2, 0.25) is 15.1 Å². The van der Waals surface area contributed by atoms with Gasteiger partial charge >= 0.3 is 0 Å². The lowest BCUT2D eigenvalue weighted by molar-refractivity contribution is -0.140. The number of nitrogens with one attached hydrogen (secondary N) is 1. The zero-order valence-electron chi connectivity index (χ0n) is 20.1. The smallest absolute Gasteiger partial charge is 0.244 e. The van der Waals surface area contributed by atoms with Gasteiger partial charge in [0, 0.05) is 12.6 Å². The van der Waals surface area contributed by atoms with Crippen LogP contribution in [-0.4, -0.2) is 50.0 Å². The summed E-state index contributed by atoms with van der Waals surface area (Å²) >= 11 is 18.4. The van der Waals surface area contributed by atoms with Crippen molar-refractivity contribution in [3.8, 4) is 0 Å². The standard InChI is InChI=1S/C24H30Cl3N3O4S/c1-5-16(3)28-24(32)21(6-2)29(14-17-10-8-7-9-11-17)23(31)15-30(35(4,33)34)22-13-19(26)18(25)12-20(22)27/h7-13,16,21H,5-6,14-15H2,1-4H3,(H,28,32)/t16-,21-/m0/s1. The topological polar surface area (TPSA) is 86.8 Å². The van der Waals surface area contributed by atoms with E-state index in [1.807, 2.05) is 44.2 Å². The van der Waals surface area contributed by atoms with E-state index in [1.165, 1.54) is 17.0 Å². The summed E-state index contributed by atoms with van der Waals surface area (Å²) in [7, 11) is -3.95. The minimum atomic E-state index is -3.95. The van der Waals surface area contributed by atoms with E-state index in [-0.39, 0.29) is 39.2 Å². The van der Waals surface area contributed by atoms with Crippen LogP contribution in [0.25, 0.3) is 0 Å². The Morgan fingerprint density at radius 3 is 2.11 bits per heavy atom. The van der Waals surface area contributed by atoms with Gasteiger partial charge in [-0.3, -0.25) is 13.9 Å². The molecular weight excluding hydrogens is 533 g/mol. The number of carbonyl (C=O) groups is 2. The van der Waals surface area contributed by atoms with Gasteiger partial charge in [-0.2, -0.15) is 0 Å². The summed E-state index contributed by atoms with van der Waals surface area (Å²) in [5.74, 6) is -0.864. The molecule has 0 fully saturated rings. The highest BCUT2D eigenvalue weighted by Gasteiger charge is 2.32. The highest BCUT2D eigenvalue weighted by molar-refractivity contribution is 7.92. The van der Waals surface area contributed by atoms with Gasteiger partial charge in [0.2, 0.25) is 21.8 Å². The van der Waals surface area contributed by atoms with Gasteiger partial charge in [-0.25, -0.2) is 8.42 Å². The second-order valence-electron chi connectivity index (χ2n) is 8.24. The van der Waals surface area contributed by atoms with Crippen LogP contribution in [-0.2, 0) is 26.2 Å². The number of sulfonamides is 1. The first-order valence-electron chi connectivity index (χ1n) is 11.1. The molecule has 1 N–H and O–H groups in total. The zero-order valence-corrected chi connectivity index (χ0v) is 23.2. The normalized spacial score (nSPS) is 13.1. The molecule has 0 aliphatic rings. The third-order valence-electron chi connectivity index (χ3n) is 5.52. The Hall–Kier alpha value is -2.00. The van der Waals surface area contributed by atoms with Crippen LogP contribution < -0.4 is 9.62 Å². The maximum absolute atomic E-state index is 13.6. The fourth-order valence-corrected chi connectivity index (χ4v) is 4.99. The average molecular weight is 563 g/mol. The molecule has 0 unspecified atom stereocenters. The summed E-state index contributed by atoms with van der Waals surface area (Å²) in [4.78, 5) is 28.1. The third kappa shape index (κ3) is 8.00. The fraction of sp³-hybridized carbons (Fsp3) is 0.417. The van der Waals surface area contributed by atoms with Crippen LogP contribution in [0.5, 0.6) is 0 Å². The average Bonchev–Trinajstić information content (AvgIpc) is 2.79. The number of hydrogen-bond donors (Lipinski definition) is 1. The maximum atomic E-state index is 13.6. The van der Waals surface area contributed by atoms with Gasteiger partial charge in [-0.15, -0.1) is 0 Å². The van der Waals surface area contributed by atoms with Crippen LogP contribution in [0.3, 0.4) is 0 Å². The molecule has 0 aliphatic heterocycles. The number of nitrogens with zero attached hydrogens (tertiary/aromatic N) is 2. The molecule has 0 radical (unpaired) electrons. The molecule has 0 heterocycles. The Bertz CT molecular complexity index is 1150. The molecule has 2 aromatic carbocycles. The molecule has 35 heavy (non-hydrogen) atoms. The first-order valence-corrected chi connectivity index (χ1v) is 14.1. The van der Waals surface area contributed by atoms with Crippen LogP contribution in [0.1, 0.15) is 39.2 Å². The van der Waals surface area contributed by atoms with E-state index in [4.69, 9.17) is 34.8 Å². The van der Waals surface area contributed by atoms with Crippen molar-refractivity contribution >= 4 is 62.3 Å². The number of rotatable bonds is 11. The van der Waals surface area contributed by atoms with Crippen molar-refractivity contribution in [1.82, 2.24) is 10.2 Å². The molecule has 2 rings (SSSR count). The van der Waals surface area contributed by atoms with Crippen molar-refractivity contribution in [2.45, 2.75) is 52.2 Å². The molecule has 2 amide bonds. The Labute approximate surface area is 222 Å². The predicted molar refractivity (Wildman–Crippen MR) is 143 cm³/mol. The van der Waals surface area contributed by atoms with E-state index in [0.717, 1.165) is 22.5 Å². The molecule has 2 atom stereocenters. The van der Waals surface area contributed by atoms with Crippen LogP contribution in [0.4, 0.5) is 5.69 Å². The van der Waals surface area contributed by atoms with Crippen molar-refractivity contribution in [2.75, 3.05) is 17.1 Å². The van der Waals surface area contributed by atoms with Crippen LogP contribution in [0.15, 0.2) is 42.5 Å². The van der Waals surface area contributed by atoms with Crippen molar-refractivity contribution < 1.29 is 18.0 Å². The zero-order chi connectivity index (χ0) is 26.3. The molecule has 11 heteroatoms. The molecule has 0 aromatic heterocycles. The highest BCUT2D eigenvalue weighted by atomic mass is 35.5. The number of anilines is 1. The molecule has 0 saturated heterocycles. The number of benzene rings is 2. The number of amides is 2. The molecule has 2 aromatic rings. The summed E-state index contributed by atoms with van der Waals surface area (Å²) in [6, 6.07) is 10.9. The minimum absolute atomic E-state index is 0.0219. The predicted octanol–water partition coefficient (Wildman–Crippen LogP) is 5.13. The van der Waals surface area contributed by atoms with Crippen molar-refractivity contribution in [2.24, 2.45) is 0 Å². The largest absolute Gasteiger partial charge is 0.352 e. The Morgan fingerprint density at radius 2 is 1.57 bits per heavy atom. The van der Waals surface area contributed by atoms with Crippen molar-refractivity contribution in [3.05, 3.63) is 63.1 Å². The van der Waals surface area contributed by atoms with Gasteiger partial charge in [0.1, 0.15) is 12.6 Å². The monoisotopic (exact) mass is 561 g/mol. The lowest BCUT2D eigenvalue weighted by atomic mass is 10.1. The fourth-order valence-electron chi connectivity index (χ4n) is 3.44.